The Morgan fingerprint density at radius 1 is 1.38 bits per heavy atom. The van der Waals surface area contributed by atoms with Crippen molar-refractivity contribution in [2.75, 3.05) is 0 Å². The van der Waals surface area contributed by atoms with E-state index in [1.165, 1.54) is 0 Å². The summed E-state index contributed by atoms with van der Waals surface area (Å²) in [6.07, 6.45) is 6.46. The third-order valence-electron chi connectivity index (χ3n) is 1.38. The Kier molecular flexibility index (Phi) is 5.28. The molecule has 0 fully saturated rings. The molecule has 70 valence electrons. The summed E-state index contributed by atoms with van der Waals surface area (Å²) in [7, 11) is 0. The van der Waals surface area contributed by atoms with Crippen LogP contribution in [0.3, 0.4) is 0 Å². The van der Waals surface area contributed by atoms with Crippen molar-refractivity contribution in [2.45, 2.75) is 13.8 Å². The molecular formula is C11H15NO. The quantitative estimate of drug-likeness (QED) is 0.399. The first-order valence-corrected chi connectivity index (χ1v) is 4.03. The minimum Gasteiger partial charge on any atom is -0.506 e. The highest BCUT2D eigenvalue weighted by atomic mass is 16.3. The van der Waals surface area contributed by atoms with Gasteiger partial charge in [-0.3, -0.25) is 4.99 Å². The molecule has 0 radical (unpaired) electrons. The van der Waals surface area contributed by atoms with Gasteiger partial charge in [-0.25, -0.2) is 0 Å². The molecule has 0 bridgehead atoms. The summed E-state index contributed by atoms with van der Waals surface area (Å²) in [6.45, 7) is 10.9. The highest BCUT2D eigenvalue weighted by Crippen LogP contribution is 2.14. The maximum atomic E-state index is 9.51. The summed E-state index contributed by atoms with van der Waals surface area (Å²) in [5.74, 6) is 0.102. The predicted octanol–water partition coefficient (Wildman–Crippen LogP) is 3.17. The Morgan fingerprint density at radius 2 is 2.00 bits per heavy atom. The van der Waals surface area contributed by atoms with E-state index in [1.807, 2.05) is 6.92 Å². The van der Waals surface area contributed by atoms with Gasteiger partial charge in [0.25, 0.3) is 0 Å². The lowest BCUT2D eigenvalue weighted by Gasteiger charge is -2.01. The topological polar surface area (TPSA) is 32.6 Å². The predicted molar refractivity (Wildman–Crippen MR) is 58.0 cm³/mol. The van der Waals surface area contributed by atoms with Crippen LogP contribution in [0.1, 0.15) is 13.8 Å². The van der Waals surface area contributed by atoms with Gasteiger partial charge in [0.2, 0.25) is 0 Å². The zero-order chi connectivity index (χ0) is 10.3. The van der Waals surface area contributed by atoms with Crippen molar-refractivity contribution in [3.8, 4) is 0 Å². The Hall–Kier alpha value is -1.57. The molecule has 1 N–H and O–H groups in total. The molecule has 0 aliphatic carbocycles. The fourth-order valence-corrected chi connectivity index (χ4v) is 0.776. The van der Waals surface area contributed by atoms with Crippen LogP contribution in [0.15, 0.2) is 53.4 Å². The first-order chi connectivity index (χ1) is 6.17. The summed E-state index contributed by atoms with van der Waals surface area (Å²) in [6, 6.07) is 0. The summed E-state index contributed by atoms with van der Waals surface area (Å²) >= 11 is 0. The van der Waals surface area contributed by atoms with Crippen molar-refractivity contribution in [1.82, 2.24) is 0 Å². The van der Waals surface area contributed by atoms with E-state index < -0.39 is 0 Å². The molecule has 0 atom stereocenters. The maximum Gasteiger partial charge on any atom is 0.141 e. The lowest BCUT2D eigenvalue weighted by Crippen LogP contribution is -1.88. The van der Waals surface area contributed by atoms with Gasteiger partial charge in [0.05, 0.1) is 0 Å². The van der Waals surface area contributed by atoms with Gasteiger partial charge in [-0.15, -0.1) is 0 Å². The monoisotopic (exact) mass is 177 g/mol. The lowest BCUT2D eigenvalue weighted by molar-refractivity contribution is 0.426. The Labute approximate surface area is 79.3 Å². The van der Waals surface area contributed by atoms with E-state index >= 15 is 0 Å². The molecule has 0 saturated heterocycles. The number of nitrogens with zero attached hydrogens (tertiary/aromatic N) is 1. The van der Waals surface area contributed by atoms with Crippen molar-refractivity contribution in [3.05, 3.63) is 48.4 Å². The molecule has 13 heavy (non-hydrogen) atoms. The summed E-state index contributed by atoms with van der Waals surface area (Å²) < 4.78 is 0. The van der Waals surface area contributed by atoms with Crippen molar-refractivity contribution in [3.63, 3.8) is 0 Å². The minimum atomic E-state index is 0.102. The van der Waals surface area contributed by atoms with Crippen LogP contribution >= 0.6 is 0 Å². The van der Waals surface area contributed by atoms with Gasteiger partial charge in [0.1, 0.15) is 11.5 Å². The first-order valence-electron chi connectivity index (χ1n) is 4.03. The summed E-state index contributed by atoms with van der Waals surface area (Å²) in [5.41, 5.74) is 1.06. The zero-order valence-corrected chi connectivity index (χ0v) is 8.12. The molecule has 0 aliphatic heterocycles. The third-order valence-corrected chi connectivity index (χ3v) is 1.38. The van der Waals surface area contributed by atoms with Crippen LogP contribution < -0.4 is 0 Å². The Balaban J connectivity index is 5.09. The average molecular weight is 177 g/mol. The highest BCUT2D eigenvalue weighted by molar-refractivity contribution is 5.58. The minimum absolute atomic E-state index is 0.102. The largest absolute Gasteiger partial charge is 0.506 e. The molecular weight excluding hydrogens is 162 g/mol. The maximum absolute atomic E-state index is 9.51. The number of hydrogen-bond donors (Lipinski definition) is 1. The second kappa shape index (κ2) is 6.00. The van der Waals surface area contributed by atoms with Crippen molar-refractivity contribution >= 4 is 6.21 Å². The van der Waals surface area contributed by atoms with Crippen LogP contribution in [-0.2, 0) is 0 Å². The van der Waals surface area contributed by atoms with Crippen LogP contribution in [0.25, 0.3) is 0 Å². The molecule has 0 aromatic heterocycles. The molecule has 0 aromatic rings. The smallest absolute Gasteiger partial charge is 0.141 e. The number of aliphatic hydroxyl groups excluding tert-OH is 1. The van der Waals surface area contributed by atoms with Gasteiger partial charge >= 0.3 is 0 Å². The number of hydrogen-bond acceptors (Lipinski definition) is 2. The Morgan fingerprint density at radius 3 is 2.38 bits per heavy atom. The normalized spacial score (nSPS) is 13.4. The molecule has 0 amide bonds. The summed E-state index contributed by atoms with van der Waals surface area (Å²) in [4.78, 5) is 4.00. The second-order valence-electron chi connectivity index (χ2n) is 2.35. The third kappa shape index (κ3) is 3.56. The summed E-state index contributed by atoms with van der Waals surface area (Å²) in [5, 5.41) is 9.51. The van der Waals surface area contributed by atoms with Crippen LogP contribution in [0.4, 0.5) is 0 Å². The standard InChI is InChI=1S/C11H15NO/c1-5-8-10(13)11(12-7-3)9(4)6-2/h5-8,13H,2,4H2,1,3H3/b8-5-,11-10-,12-7?. The molecule has 2 nitrogen and oxygen atoms in total. The van der Waals surface area contributed by atoms with E-state index in [-0.39, 0.29) is 5.76 Å². The second-order valence-corrected chi connectivity index (χ2v) is 2.35. The van der Waals surface area contributed by atoms with Gasteiger partial charge in [-0.05, 0) is 25.5 Å². The van der Waals surface area contributed by atoms with Crippen molar-refractivity contribution in [1.29, 1.82) is 0 Å². The zero-order valence-electron chi connectivity index (χ0n) is 8.12. The van der Waals surface area contributed by atoms with Gasteiger partial charge in [0, 0.05) is 6.21 Å². The van der Waals surface area contributed by atoms with E-state index in [0.717, 1.165) is 0 Å². The molecule has 2 heteroatoms. The molecule has 0 aliphatic rings. The van der Waals surface area contributed by atoms with E-state index in [2.05, 4.69) is 18.2 Å². The molecule has 0 unspecified atom stereocenters. The van der Waals surface area contributed by atoms with Crippen LogP contribution in [0.5, 0.6) is 0 Å². The van der Waals surface area contributed by atoms with Crippen LogP contribution in [0, 0.1) is 0 Å². The highest BCUT2D eigenvalue weighted by Gasteiger charge is 2.01. The van der Waals surface area contributed by atoms with E-state index in [9.17, 15) is 5.11 Å². The van der Waals surface area contributed by atoms with Gasteiger partial charge in [0.15, 0.2) is 0 Å². The number of rotatable bonds is 4. The lowest BCUT2D eigenvalue weighted by atomic mass is 10.2. The first kappa shape index (κ1) is 11.4. The fourth-order valence-electron chi connectivity index (χ4n) is 0.776. The van der Waals surface area contributed by atoms with Crippen LogP contribution in [-0.4, -0.2) is 11.3 Å². The van der Waals surface area contributed by atoms with Crippen molar-refractivity contribution < 1.29 is 5.11 Å². The van der Waals surface area contributed by atoms with Gasteiger partial charge in [-0.2, -0.15) is 0 Å². The number of aliphatic hydroxyl groups is 1. The fraction of sp³-hybridized carbons (Fsp3) is 0.182. The van der Waals surface area contributed by atoms with Crippen molar-refractivity contribution in [2.24, 2.45) is 4.99 Å². The molecule has 0 spiro atoms. The van der Waals surface area contributed by atoms with Gasteiger partial charge in [-0.1, -0.05) is 25.3 Å². The molecule has 0 aromatic carbocycles. The van der Waals surface area contributed by atoms with Crippen LogP contribution in [0.2, 0.25) is 0 Å². The SMILES string of the molecule is C=CC(=C)/C(N=CC)=C(O)\C=C/C. The molecule has 0 saturated carbocycles. The Bertz CT molecular complexity index is 282. The van der Waals surface area contributed by atoms with E-state index in [0.29, 0.717) is 11.3 Å². The average Bonchev–Trinajstić information content (AvgIpc) is 2.13. The molecule has 0 heterocycles. The van der Waals surface area contributed by atoms with E-state index in [4.69, 9.17) is 0 Å². The number of aliphatic imine (C=N–C) groups is 1. The molecule has 0 rings (SSSR count). The van der Waals surface area contributed by atoms with Gasteiger partial charge < -0.3 is 5.11 Å². The number of allylic oxidation sites excluding steroid dienone is 3. The van der Waals surface area contributed by atoms with E-state index in [1.54, 1.807) is 31.4 Å².